The van der Waals surface area contributed by atoms with Crippen LogP contribution in [0.15, 0.2) is 6.07 Å². The van der Waals surface area contributed by atoms with Gasteiger partial charge >= 0.3 is 0 Å². The molecular weight excluding hydrogens is 228 g/mol. The van der Waals surface area contributed by atoms with Crippen molar-refractivity contribution < 1.29 is 4.79 Å². The van der Waals surface area contributed by atoms with Crippen molar-refractivity contribution in [2.75, 3.05) is 19.6 Å². The van der Waals surface area contributed by atoms with E-state index in [0.29, 0.717) is 12.2 Å². The molecule has 0 atom stereocenters. The molecule has 1 aliphatic rings. The number of carbonyl (C=O) groups excluding carboxylic acids is 1. The predicted molar refractivity (Wildman–Crippen MR) is 70.2 cm³/mol. The Labute approximate surface area is 108 Å². The van der Waals surface area contributed by atoms with E-state index in [9.17, 15) is 4.79 Å². The highest BCUT2D eigenvalue weighted by Crippen LogP contribution is 2.29. The summed E-state index contributed by atoms with van der Waals surface area (Å²) in [6, 6.07) is 1.85. The zero-order valence-electron chi connectivity index (χ0n) is 11.4. The first-order valence-corrected chi connectivity index (χ1v) is 6.45. The zero-order chi connectivity index (χ0) is 13.3. The van der Waals surface area contributed by atoms with Gasteiger partial charge in [0.05, 0.1) is 0 Å². The van der Waals surface area contributed by atoms with Gasteiger partial charge in [-0.25, -0.2) is 0 Å². The number of nitrogens with zero attached hydrogens (tertiary/aromatic N) is 3. The van der Waals surface area contributed by atoms with Crippen molar-refractivity contribution in [1.29, 1.82) is 0 Å². The third kappa shape index (κ3) is 2.41. The van der Waals surface area contributed by atoms with Gasteiger partial charge in [-0.2, -0.15) is 5.10 Å². The molecule has 0 aliphatic carbocycles. The fourth-order valence-corrected chi connectivity index (χ4v) is 2.28. The van der Waals surface area contributed by atoms with Gasteiger partial charge in [-0.3, -0.25) is 9.48 Å². The summed E-state index contributed by atoms with van der Waals surface area (Å²) in [6.45, 7) is 6.40. The first-order valence-electron chi connectivity index (χ1n) is 6.45. The molecule has 0 spiro atoms. The molecule has 0 saturated carbocycles. The van der Waals surface area contributed by atoms with E-state index in [1.807, 2.05) is 24.9 Å². The van der Waals surface area contributed by atoms with E-state index in [0.717, 1.165) is 31.6 Å². The molecule has 0 radical (unpaired) electrons. The van der Waals surface area contributed by atoms with E-state index in [2.05, 4.69) is 12.0 Å². The van der Waals surface area contributed by atoms with Crippen LogP contribution in [0.25, 0.3) is 0 Å². The molecule has 1 fully saturated rings. The average molecular weight is 250 g/mol. The minimum Gasteiger partial charge on any atom is -0.337 e. The van der Waals surface area contributed by atoms with Crippen LogP contribution in [0.3, 0.4) is 0 Å². The lowest BCUT2D eigenvalue weighted by Gasteiger charge is -2.38. The summed E-state index contributed by atoms with van der Waals surface area (Å²) in [5.41, 5.74) is 7.52. The molecule has 1 aliphatic heterocycles. The monoisotopic (exact) mass is 250 g/mol. The number of aromatic nitrogens is 2. The Hall–Kier alpha value is -1.36. The van der Waals surface area contributed by atoms with E-state index in [1.165, 1.54) is 0 Å². The van der Waals surface area contributed by atoms with Crippen molar-refractivity contribution >= 4 is 5.91 Å². The molecule has 2 N–H and O–H groups in total. The van der Waals surface area contributed by atoms with E-state index >= 15 is 0 Å². The summed E-state index contributed by atoms with van der Waals surface area (Å²) in [7, 11) is 1.85. The summed E-state index contributed by atoms with van der Waals surface area (Å²) in [5, 5.41) is 4.24. The molecule has 18 heavy (non-hydrogen) atoms. The van der Waals surface area contributed by atoms with E-state index < -0.39 is 0 Å². The molecule has 1 aromatic heterocycles. The third-order valence-electron chi connectivity index (χ3n) is 4.08. The highest BCUT2D eigenvalue weighted by Gasteiger charge is 2.31. The van der Waals surface area contributed by atoms with Gasteiger partial charge < -0.3 is 10.6 Å². The lowest BCUT2D eigenvalue weighted by Crippen LogP contribution is -2.44. The van der Waals surface area contributed by atoms with Crippen LogP contribution in [0.2, 0.25) is 0 Å². The largest absolute Gasteiger partial charge is 0.337 e. The zero-order valence-corrected chi connectivity index (χ0v) is 11.4. The van der Waals surface area contributed by atoms with Gasteiger partial charge in [0.15, 0.2) is 5.69 Å². The molecule has 1 aromatic rings. The van der Waals surface area contributed by atoms with E-state index in [4.69, 9.17) is 5.73 Å². The van der Waals surface area contributed by atoms with E-state index in [-0.39, 0.29) is 11.3 Å². The second-order valence-electron chi connectivity index (χ2n) is 5.60. The fourth-order valence-electron chi connectivity index (χ4n) is 2.28. The van der Waals surface area contributed by atoms with Crippen LogP contribution in [0.4, 0.5) is 0 Å². The number of hydrogen-bond acceptors (Lipinski definition) is 3. The van der Waals surface area contributed by atoms with Crippen molar-refractivity contribution in [3.05, 3.63) is 17.5 Å². The molecule has 1 saturated heterocycles. The number of hydrogen-bond donors (Lipinski definition) is 1. The van der Waals surface area contributed by atoms with Gasteiger partial charge in [0, 0.05) is 25.8 Å². The van der Waals surface area contributed by atoms with Crippen LogP contribution in [0.1, 0.15) is 35.9 Å². The number of aryl methyl sites for hydroxylation is 2. The van der Waals surface area contributed by atoms with Gasteiger partial charge in [0.2, 0.25) is 0 Å². The van der Waals surface area contributed by atoms with Gasteiger partial charge in [0.1, 0.15) is 0 Å². The van der Waals surface area contributed by atoms with Gasteiger partial charge in [-0.15, -0.1) is 0 Å². The summed E-state index contributed by atoms with van der Waals surface area (Å²) < 4.78 is 1.74. The second kappa shape index (κ2) is 4.72. The van der Waals surface area contributed by atoms with Crippen molar-refractivity contribution in [3.63, 3.8) is 0 Å². The lowest BCUT2D eigenvalue weighted by atomic mass is 9.80. The second-order valence-corrected chi connectivity index (χ2v) is 5.60. The van der Waals surface area contributed by atoms with Crippen molar-refractivity contribution in [2.24, 2.45) is 18.2 Å². The Kier molecular flexibility index (Phi) is 3.43. The van der Waals surface area contributed by atoms with Gasteiger partial charge in [-0.1, -0.05) is 6.92 Å². The van der Waals surface area contributed by atoms with Crippen LogP contribution in [0, 0.1) is 12.3 Å². The summed E-state index contributed by atoms with van der Waals surface area (Å²) in [6.07, 6.45) is 1.95. The third-order valence-corrected chi connectivity index (χ3v) is 4.08. The van der Waals surface area contributed by atoms with Crippen LogP contribution >= 0.6 is 0 Å². The Balaban J connectivity index is 2.04. The van der Waals surface area contributed by atoms with Crippen molar-refractivity contribution in [3.8, 4) is 0 Å². The molecule has 2 heterocycles. The minimum atomic E-state index is 0.0396. The highest BCUT2D eigenvalue weighted by atomic mass is 16.2. The Morgan fingerprint density at radius 2 is 2.11 bits per heavy atom. The van der Waals surface area contributed by atoms with E-state index in [1.54, 1.807) is 4.68 Å². The van der Waals surface area contributed by atoms with Crippen LogP contribution in [-0.4, -0.2) is 40.2 Å². The van der Waals surface area contributed by atoms with Gasteiger partial charge in [0.25, 0.3) is 5.91 Å². The topological polar surface area (TPSA) is 64.2 Å². The average Bonchev–Trinajstić information content (AvgIpc) is 2.70. The summed E-state index contributed by atoms with van der Waals surface area (Å²) in [4.78, 5) is 14.2. The smallest absolute Gasteiger partial charge is 0.274 e. The molecular formula is C13H22N4O. The van der Waals surface area contributed by atoms with Crippen LogP contribution in [0.5, 0.6) is 0 Å². The predicted octanol–water partition coefficient (Wildman–Crippen LogP) is 0.930. The maximum absolute atomic E-state index is 12.3. The van der Waals surface area contributed by atoms with Crippen LogP contribution in [-0.2, 0) is 7.05 Å². The quantitative estimate of drug-likeness (QED) is 0.849. The lowest BCUT2D eigenvalue weighted by molar-refractivity contribution is 0.0611. The van der Waals surface area contributed by atoms with Crippen LogP contribution < -0.4 is 5.73 Å². The van der Waals surface area contributed by atoms with Crippen molar-refractivity contribution in [2.45, 2.75) is 26.7 Å². The molecule has 1 amide bonds. The number of piperidine rings is 1. The Morgan fingerprint density at radius 3 is 2.56 bits per heavy atom. The Morgan fingerprint density at radius 1 is 1.50 bits per heavy atom. The standard InChI is InChI=1S/C13H22N4O/c1-10-8-11(15-16(10)3)12(18)17-6-4-13(2,9-14)5-7-17/h8H,4-7,9,14H2,1-3H3. The maximum Gasteiger partial charge on any atom is 0.274 e. The highest BCUT2D eigenvalue weighted by molar-refractivity contribution is 5.92. The first-order chi connectivity index (χ1) is 8.45. The number of likely N-dealkylation sites (tertiary alicyclic amines) is 1. The molecule has 0 unspecified atom stereocenters. The normalized spacial score (nSPS) is 19.0. The maximum atomic E-state index is 12.3. The first kappa shape index (κ1) is 13.1. The van der Waals surface area contributed by atoms with Crippen molar-refractivity contribution in [1.82, 2.24) is 14.7 Å². The summed E-state index contributed by atoms with van der Waals surface area (Å²) >= 11 is 0. The molecule has 0 bridgehead atoms. The molecule has 0 aromatic carbocycles. The molecule has 100 valence electrons. The number of amides is 1. The number of carbonyl (C=O) groups is 1. The molecule has 5 nitrogen and oxygen atoms in total. The number of rotatable bonds is 2. The summed E-state index contributed by atoms with van der Waals surface area (Å²) in [5.74, 6) is 0.0396. The Bertz CT molecular complexity index is 424. The molecule has 5 heteroatoms. The number of nitrogens with two attached hydrogens (primary N) is 1. The molecule has 2 rings (SSSR count). The minimum absolute atomic E-state index is 0.0396. The van der Waals surface area contributed by atoms with Gasteiger partial charge in [-0.05, 0) is 37.8 Å². The SMILES string of the molecule is Cc1cc(C(=O)N2CCC(C)(CN)CC2)nn1C. The fraction of sp³-hybridized carbons (Fsp3) is 0.692.